The van der Waals surface area contributed by atoms with Gasteiger partial charge in [-0.05, 0) is 56.1 Å². The van der Waals surface area contributed by atoms with E-state index in [1.54, 1.807) is 0 Å². The third-order valence-corrected chi connectivity index (χ3v) is 7.24. The van der Waals surface area contributed by atoms with Crippen LogP contribution in [0, 0.1) is 5.41 Å². The van der Waals surface area contributed by atoms with Crippen molar-refractivity contribution in [1.82, 2.24) is 10.2 Å². The molecule has 1 aromatic rings. The van der Waals surface area contributed by atoms with Crippen LogP contribution in [0.2, 0.25) is 5.02 Å². The number of guanidine groups is 1. The third-order valence-electron chi connectivity index (χ3n) is 6.91. The van der Waals surface area contributed by atoms with Crippen molar-refractivity contribution in [3.63, 3.8) is 0 Å². The summed E-state index contributed by atoms with van der Waals surface area (Å²) in [7, 11) is 0. The first-order chi connectivity index (χ1) is 13.2. The highest BCUT2D eigenvalue weighted by Gasteiger charge is 2.44. The summed E-state index contributed by atoms with van der Waals surface area (Å²) in [5.41, 5.74) is 1.78. The molecule has 4 rings (SSSR count). The molecule has 3 aliphatic rings. The summed E-state index contributed by atoms with van der Waals surface area (Å²) >= 11 is 6.60. The topological polar surface area (TPSA) is 36.9 Å². The molecule has 2 aliphatic heterocycles. The van der Waals surface area contributed by atoms with Crippen LogP contribution in [-0.4, -0.2) is 50.3 Å². The van der Waals surface area contributed by atoms with Gasteiger partial charge in [0, 0.05) is 43.3 Å². The lowest BCUT2D eigenvalue weighted by Crippen LogP contribution is -2.44. The number of ether oxygens (including phenoxy) is 1. The van der Waals surface area contributed by atoms with Crippen LogP contribution >= 0.6 is 35.6 Å². The number of nitrogens with one attached hydrogen (secondary N) is 1. The van der Waals surface area contributed by atoms with Gasteiger partial charge in [0.05, 0.1) is 6.54 Å². The summed E-state index contributed by atoms with van der Waals surface area (Å²) in [6, 6.07) is 8.28. The first-order valence-electron chi connectivity index (χ1n) is 10.5. The maximum Gasteiger partial charge on any atom is 0.193 e. The molecule has 1 spiro atoms. The summed E-state index contributed by atoms with van der Waals surface area (Å²) in [6.45, 7) is 7.70. The first-order valence-corrected chi connectivity index (χ1v) is 10.9. The number of rotatable bonds is 4. The van der Waals surface area contributed by atoms with Crippen LogP contribution in [0.3, 0.4) is 0 Å². The molecular weight excluding hydrogens is 485 g/mol. The second kappa shape index (κ2) is 9.52. The number of aliphatic imine (C=N–C) groups is 1. The number of hydrogen-bond donors (Lipinski definition) is 1. The summed E-state index contributed by atoms with van der Waals surface area (Å²) in [5, 5.41) is 4.40. The molecule has 1 aliphatic carbocycles. The Morgan fingerprint density at radius 2 is 1.93 bits per heavy atom. The molecule has 1 N–H and O–H groups in total. The highest BCUT2D eigenvalue weighted by atomic mass is 127. The number of halogens is 2. The van der Waals surface area contributed by atoms with Gasteiger partial charge < -0.3 is 15.0 Å². The molecule has 2 heterocycles. The summed E-state index contributed by atoms with van der Waals surface area (Å²) in [6.07, 6.45) is 7.46. The molecule has 4 nitrogen and oxygen atoms in total. The predicted octanol–water partition coefficient (Wildman–Crippen LogP) is 4.85. The Labute approximate surface area is 191 Å². The lowest BCUT2D eigenvalue weighted by molar-refractivity contribution is 0.0530. The first kappa shape index (κ1) is 22.2. The fourth-order valence-corrected chi connectivity index (χ4v) is 5.36. The molecule has 156 valence electrons. The highest BCUT2D eigenvalue weighted by Crippen LogP contribution is 2.48. The van der Waals surface area contributed by atoms with Gasteiger partial charge >= 0.3 is 0 Å². The number of benzene rings is 1. The molecule has 0 amide bonds. The zero-order valence-electron chi connectivity index (χ0n) is 16.9. The van der Waals surface area contributed by atoms with Crippen LogP contribution in [0.25, 0.3) is 0 Å². The molecule has 0 radical (unpaired) electrons. The van der Waals surface area contributed by atoms with E-state index in [1.807, 2.05) is 12.1 Å². The molecule has 28 heavy (non-hydrogen) atoms. The van der Waals surface area contributed by atoms with Crippen LogP contribution in [0.4, 0.5) is 0 Å². The van der Waals surface area contributed by atoms with Crippen molar-refractivity contribution in [3.8, 4) is 0 Å². The van der Waals surface area contributed by atoms with Gasteiger partial charge in [-0.15, -0.1) is 24.0 Å². The van der Waals surface area contributed by atoms with Crippen molar-refractivity contribution in [2.75, 3.05) is 39.4 Å². The van der Waals surface area contributed by atoms with Gasteiger partial charge in [-0.3, -0.25) is 4.99 Å². The molecule has 2 saturated heterocycles. The minimum Gasteiger partial charge on any atom is -0.381 e. The smallest absolute Gasteiger partial charge is 0.193 e. The Kier molecular flexibility index (Phi) is 7.54. The molecular formula is C22H33ClIN3O. The molecule has 3 fully saturated rings. The molecule has 1 saturated carbocycles. The van der Waals surface area contributed by atoms with Crippen molar-refractivity contribution in [2.45, 2.75) is 50.9 Å². The van der Waals surface area contributed by atoms with Gasteiger partial charge in [0.1, 0.15) is 0 Å². The van der Waals surface area contributed by atoms with E-state index in [4.69, 9.17) is 21.3 Å². The minimum atomic E-state index is -0.0227. The second-order valence-electron chi connectivity index (χ2n) is 8.57. The van der Waals surface area contributed by atoms with Crippen molar-refractivity contribution in [1.29, 1.82) is 0 Å². The van der Waals surface area contributed by atoms with Crippen molar-refractivity contribution in [2.24, 2.45) is 10.4 Å². The maximum atomic E-state index is 6.60. The standard InChI is InChI=1S/C22H32ClN3O.HI/c1-2-24-20(26-13-10-21(17-26)8-5-9-21)25-16-22(11-14-27-15-12-22)18-6-3-4-7-19(18)23;/h3-4,6-7H,2,5,8-17H2,1H3,(H,24,25);1H. The van der Waals surface area contributed by atoms with Crippen molar-refractivity contribution >= 4 is 41.5 Å². The predicted molar refractivity (Wildman–Crippen MR) is 127 cm³/mol. The Hall–Kier alpha value is -0.530. The number of hydrogen-bond acceptors (Lipinski definition) is 2. The van der Waals surface area contributed by atoms with Gasteiger partial charge in [0.15, 0.2) is 5.96 Å². The normalized spacial score (nSPS) is 23.2. The zero-order valence-corrected chi connectivity index (χ0v) is 20.0. The van der Waals surface area contributed by atoms with Crippen LogP contribution in [0.15, 0.2) is 29.3 Å². The van der Waals surface area contributed by atoms with E-state index >= 15 is 0 Å². The minimum absolute atomic E-state index is 0. The van der Waals surface area contributed by atoms with Gasteiger partial charge in [0.25, 0.3) is 0 Å². The molecule has 0 bridgehead atoms. The van der Waals surface area contributed by atoms with Crippen molar-refractivity contribution < 1.29 is 4.74 Å². The van der Waals surface area contributed by atoms with E-state index < -0.39 is 0 Å². The molecule has 0 atom stereocenters. The second-order valence-corrected chi connectivity index (χ2v) is 8.98. The maximum absolute atomic E-state index is 6.60. The fraction of sp³-hybridized carbons (Fsp3) is 0.682. The van der Waals surface area contributed by atoms with E-state index in [2.05, 4.69) is 29.3 Å². The third kappa shape index (κ3) is 4.46. The van der Waals surface area contributed by atoms with Gasteiger partial charge in [-0.2, -0.15) is 0 Å². The van der Waals surface area contributed by atoms with Crippen LogP contribution in [0.5, 0.6) is 0 Å². The zero-order chi connectivity index (χ0) is 18.7. The lowest BCUT2D eigenvalue weighted by Gasteiger charge is -2.39. The van der Waals surface area contributed by atoms with E-state index in [0.717, 1.165) is 56.7 Å². The van der Waals surface area contributed by atoms with Gasteiger partial charge in [-0.1, -0.05) is 36.2 Å². The summed E-state index contributed by atoms with van der Waals surface area (Å²) in [4.78, 5) is 7.64. The van der Waals surface area contributed by atoms with Crippen LogP contribution in [-0.2, 0) is 10.2 Å². The molecule has 1 aromatic carbocycles. The average molecular weight is 518 g/mol. The van der Waals surface area contributed by atoms with Gasteiger partial charge in [-0.25, -0.2) is 0 Å². The average Bonchev–Trinajstić information content (AvgIpc) is 3.12. The molecule has 0 aromatic heterocycles. The monoisotopic (exact) mass is 517 g/mol. The SMILES string of the molecule is CCNC(=NCC1(c2ccccc2Cl)CCOCC1)N1CCC2(CCC2)C1.I. The highest BCUT2D eigenvalue weighted by molar-refractivity contribution is 14.0. The quantitative estimate of drug-likeness (QED) is 0.352. The van der Waals surface area contributed by atoms with Crippen molar-refractivity contribution in [3.05, 3.63) is 34.9 Å². The summed E-state index contributed by atoms with van der Waals surface area (Å²) < 4.78 is 5.67. The number of nitrogens with zero attached hydrogens (tertiary/aromatic N) is 2. The van der Waals surface area contributed by atoms with E-state index in [0.29, 0.717) is 5.41 Å². The Bertz CT molecular complexity index is 686. The number of likely N-dealkylation sites (tertiary alicyclic amines) is 1. The Balaban J connectivity index is 0.00000225. The Morgan fingerprint density at radius 3 is 2.54 bits per heavy atom. The van der Waals surface area contributed by atoms with E-state index in [-0.39, 0.29) is 29.4 Å². The largest absolute Gasteiger partial charge is 0.381 e. The van der Waals surface area contributed by atoms with Gasteiger partial charge in [0.2, 0.25) is 0 Å². The van der Waals surface area contributed by atoms with Crippen LogP contribution < -0.4 is 5.32 Å². The molecule has 6 heteroatoms. The van der Waals surface area contributed by atoms with Crippen LogP contribution in [0.1, 0.15) is 51.0 Å². The fourth-order valence-electron chi connectivity index (χ4n) is 5.02. The lowest BCUT2D eigenvalue weighted by atomic mass is 9.68. The molecule has 0 unspecified atom stereocenters. The van der Waals surface area contributed by atoms with E-state index in [9.17, 15) is 0 Å². The van der Waals surface area contributed by atoms with E-state index in [1.165, 1.54) is 37.8 Å². The Morgan fingerprint density at radius 1 is 1.18 bits per heavy atom. The summed E-state index contributed by atoms with van der Waals surface area (Å²) in [5.74, 6) is 1.08.